The zero-order valence-corrected chi connectivity index (χ0v) is 11.2. The molecule has 98 valence electrons. The lowest BCUT2D eigenvalue weighted by molar-refractivity contribution is -0.129. The minimum absolute atomic E-state index is 0.0995. The molecule has 0 spiro atoms. The van der Waals surface area contributed by atoms with Crippen LogP contribution in [-0.2, 0) is 17.8 Å². The van der Waals surface area contributed by atoms with E-state index in [9.17, 15) is 4.79 Å². The third-order valence-electron chi connectivity index (χ3n) is 3.07. The lowest BCUT2D eigenvalue weighted by Gasteiger charge is -2.18. The number of pyridine rings is 2. The molecule has 2 aromatic heterocycles. The van der Waals surface area contributed by atoms with Gasteiger partial charge in [0.2, 0.25) is 5.91 Å². The van der Waals surface area contributed by atoms with Crippen molar-refractivity contribution >= 4 is 5.91 Å². The topological polar surface area (TPSA) is 46.1 Å². The van der Waals surface area contributed by atoms with Crippen LogP contribution in [0.15, 0.2) is 43.0 Å². The number of carbonyl (C=O) groups is 1. The standard InChI is InChI=1S/C15H17N3O/c1-12-10-17-8-5-14(12)11-18(2)15(19)9-13-3-6-16-7-4-13/h3-8,10H,9,11H2,1-2H3. The van der Waals surface area contributed by atoms with Gasteiger partial charge in [0.05, 0.1) is 6.42 Å². The van der Waals surface area contributed by atoms with Crippen LogP contribution >= 0.6 is 0 Å². The maximum Gasteiger partial charge on any atom is 0.227 e. The summed E-state index contributed by atoms with van der Waals surface area (Å²) in [4.78, 5) is 21.9. The molecular weight excluding hydrogens is 238 g/mol. The van der Waals surface area contributed by atoms with Gasteiger partial charge in [0.1, 0.15) is 0 Å². The van der Waals surface area contributed by atoms with E-state index >= 15 is 0 Å². The van der Waals surface area contributed by atoms with Crippen LogP contribution in [0.1, 0.15) is 16.7 Å². The molecule has 0 aliphatic heterocycles. The summed E-state index contributed by atoms with van der Waals surface area (Å²) in [5.41, 5.74) is 3.21. The molecule has 4 heteroatoms. The molecule has 0 bridgehead atoms. The molecule has 1 amide bonds. The first kappa shape index (κ1) is 13.2. The zero-order valence-electron chi connectivity index (χ0n) is 11.2. The molecule has 19 heavy (non-hydrogen) atoms. The molecule has 2 heterocycles. The van der Waals surface area contributed by atoms with Crippen LogP contribution in [0.25, 0.3) is 0 Å². The largest absolute Gasteiger partial charge is 0.341 e. The Morgan fingerprint density at radius 1 is 1.16 bits per heavy atom. The molecule has 0 saturated carbocycles. The van der Waals surface area contributed by atoms with Gasteiger partial charge in [0.15, 0.2) is 0 Å². The number of hydrogen-bond donors (Lipinski definition) is 0. The van der Waals surface area contributed by atoms with Gasteiger partial charge >= 0.3 is 0 Å². The van der Waals surface area contributed by atoms with Gasteiger partial charge in [0, 0.05) is 38.4 Å². The van der Waals surface area contributed by atoms with E-state index in [2.05, 4.69) is 9.97 Å². The molecule has 0 unspecified atom stereocenters. The van der Waals surface area contributed by atoms with Crippen LogP contribution in [0.5, 0.6) is 0 Å². The van der Waals surface area contributed by atoms with E-state index in [1.54, 1.807) is 23.5 Å². The van der Waals surface area contributed by atoms with E-state index in [0.717, 1.165) is 16.7 Å². The van der Waals surface area contributed by atoms with Crippen LogP contribution in [0.3, 0.4) is 0 Å². The second kappa shape index (κ2) is 6.09. The average Bonchev–Trinajstić information content (AvgIpc) is 2.42. The Labute approximate surface area is 113 Å². The lowest BCUT2D eigenvalue weighted by Crippen LogP contribution is -2.28. The second-order valence-electron chi connectivity index (χ2n) is 4.58. The van der Waals surface area contributed by atoms with Crippen molar-refractivity contribution in [2.75, 3.05) is 7.05 Å². The van der Waals surface area contributed by atoms with Crippen molar-refractivity contribution < 1.29 is 4.79 Å². The van der Waals surface area contributed by atoms with E-state index in [-0.39, 0.29) is 5.91 Å². The zero-order chi connectivity index (χ0) is 13.7. The molecule has 0 N–H and O–H groups in total. The maximum atomic E-state index is 12.1. The molecule has 0 radical (unpaired) electrons. The van der Waals surface area contributed by atoms with Gasteiger partial charge < -0.3 is 4.90 Å². The monoisotopic (exact) mass is 255 g/mol. The first-order valence-electron chi connectivity index (χ1n) is 6.19. The Balaban J connectivity index is 1.98. The Hall–Kier alpha value is -2.23. The SMILES string of the molecule is Cc1cnccc1CN(C)C(=O)Cc1ccncc1. The maximum absolute atomic E-state index is 12.1. The summed E-state index contributed by atoms with van der Waals surface area (Å²) in [5, 5.41) is 0. The Bertz CT molecular complexity index is 554. The van der Waals surface area contributed by atoms with Crippen LogP contribution in [0, 0.1) is 6.92 Å². The number of rotatable bonds is 4. The van der Waals surface area contributed by atoms with Crippen molar-refractivity contribution in [1.82, 2.24) is 14.9 Å². The first-order valence-corrected chi connectivity index (χ1v) is 6.19. The Morgan fingerprint density at radius 3 is 2.53 bits per heavy atom. The number of amides is 1. The second-order valence-corrected chi connectivity index (χ2v) is 4.58. The predicted octanol–water partition coefficient (Wildman–Crippen LogP) is 1.99. The van der Waals surface area contributed by atoms with Gasteiger partial charge in [-0.1, -0.05) is 0 Å². The molecule has 0 fully saturated rings. The van der Waals surface area contributed by atoms with E-state index in [0.29, 0.717) is 13.0 Å². The fourth-order valence-corrected chi connectivity index (χ4v) is 1.83. The number of aryl methyl sites for hydroxylation is 1. The van der Waals surface area contributed by atoms with Gasteiger partial charge in [-0.15, -0.1) is 0 Å². The average molecular weight is 255 g/mol. The molecule has 0 atom stereocenters. The van der Waals surface area contributed by atoms with Crippen LogP contribution in [0.4, 0.5) is 0 Å². The van der Waals surface area contributed by atoms with Gasteiger partial charge in [-0.3, -0.25) is 14.8 Å². The summed E-state index contributed by atoms with van der Waals surface area (Å²) in [5.74, 6) is 0.0995. The first-order chi connectivity index (χ1) is 9.16. The van der Waals surface area contributed by atoms with Gasteiger partial charge in [-0.05, 0) is 41.8 Å². The van der Waals surface area contributed by atoms with E-state index in [4.69, 9.17) is 0 Å². The van der Waals surface area contributed by atoms with Crippen molar-refractivity contribution in [2.24, 2.45) is 0 Å². The number of nitrogens with zero attached hydrogens (tertiary/aromatic N) is 3. The Morgan fingerprint density at radius 2 is 1.84 bits per heavy atom. The molecule has 2 aromatic rings. The number of carbonyl (C=O) groups excluding carboxylic acids is 1. The molecule has 0 aliphatic carbocycles. The minimum atomic E-state index is 0.0995. The highest BCUT2D eigenvalue weighted by Gasteiger charge is 2.11. The molecule has 2 rings (SSSR count). The van der Waals surface area contributed by atoms with Crippen molar-refractivity contribution in [1.29, 1.82) is 0 Å². The molecule has 4 nitrogen and oxygen atoms in total. The minimum Gasteiger partial charge on any atom is -0.341 e. The van der Waals surface area contributed by atoms with Crippen molar-refractivity contribution in [3.8, 4) is 0 Å². The summed E-state index contributed by atoms with van der Waals surface area (Å²) in [6.07, 6.45) is 7.38. The molecule has 0 aliphatic rings. The highest BCUT2D eigenvalue weighted by Crippen LogP contribution is 2.09. The highest BCUT2D eigenvalue weighted by atomic mass is 16.2. The van der Waals surface area contributed by atoms with E-state index < -0.39 is 0 Å². The lowest BCUT2D eigenvalue weighted by atomic mass is 10.1. The van der Waals surface area contributed by atoms with Crippen molar-refractivity contribution in [3.05, 3.63) is 59.7 Å². The van der Waals surface area contributed by atoms with E-state index in [1.807, 2.05) is 38.4 Å². The molecular formula is C15H17N3O. The van der Waals surface area contributed by atoms with Gasteiger partial charge in [-0.25, -0.2) is 0 Å². The number of aromatic nitrogens is 2. The number of hydrogen-bond acceptors (Lipinski definition) is 3. The third kappa shape index (κ3) is 3.61. The van der Waals surface area contributed by atoms with Crippen molar-refractivity contribution in [3.63, 3.8) is 0 Å². The fourth-order valence-electron chi connectivity index (χ4n) is 1.83. The fraction of sp³-hybridized carbons (Fsp3) is 0.267. The van der Waals surface area contributed by atoms with Crippen LogP contribution < -0.4 is 0 Å². The van der Waals surface area contributed by atoms with Gasteiger partial charge in [0.25, 0.3) is 0 Å². The Kier molecular flexibility index (Phi) is 4.23. The summed E-state index contributed by atoms with van der Waals surface area (Å²) < 4.78 is 0. The summed E-state index contributed by atoms with van der Waals surface area (Å²) >= 11 is 0. The summed E-state index contributed by atoms with van der Waals surface area (Å²) in [7, 11) is 1.82. The normalized spacial score (nSPS) is 10.2. The highest BCUT2D eigenvalue weighted by molar-refractivity contribution is 5.78. The van der Waals surface area contributed by atoms with Crippen LogP contribution in [-0.4, -0.2) is 27.8 Å². The van der Waals surface area contributed by atoms with E-state index in [1.165, 1.54) is 0 Å². The van der Waals surface area contributed by atoms with Crippen LogP contribution in [0.2, 0.25) is 0 Å². The molecule has 0 aromatic carbocycles. The third-order valence-corrected chi connectivity index (χ3v) is 3.07. The molecule has 0 saturated heterocycles. The van der Waals surface area contributed by atoms with Gasteiger partial charge in [-0.2, -0.15) is 0 Å². The number of likely N-dealkylation sites (N-methyl/N-ethyl adjacent to an activating group) is 1. The predicted molar refractivity (Wildman–Crippen MR) is 73.4 cm³/mol. The smallest absolute Gasteiger partial charge is 0.227 e. The summed E-state index contributed by atoms with van der Waals surface area (Å²) in [6.45, 7) is 2.61. The quantitative estimate of drug-likeness (QED) is 0.839. The van der Waals surface area contributed by atoms with Crippen molar-refractivity contribution in [2.45, 2.75) is 19.9 Å². The summed E-state index contributed by atoms with van der Waals surface area (Å²) in [6, 6.07) is 5.68.